The molecule has 0 aromatic heterocycles. The van der Waals surface area contributed by atoms with Crippen LogP contribution in [0, 0.1) is 3.57 Å². The summed E-state index contributed by atoms with van der Waals surface area (Å²) in [6.07, 6.45) is 0. The molecule has 0 radical (unpaired) electrons. The molecule has 138 valence electrons. The molecular formula is C17H16BrIN2O4S. The summed E-state index contributed by atoms with van der Waals surface area (Å²) in [7, 11) is -3.70. The molecule has 6 nitrogen and oxygen atoms in total. The lowest BCUT2D eigenvalue weighted by Crippen LogP contribution is -2.40. The Balaban J connectivity index is 1.87. The van der Waals surface area contributed by atoms with Crippen molar-refractivity contribution in [1.29, 1.82) is 0 Å². The maximum atomic E-state index is 12.9. The van der Waals surface area contributed by atoms with Crippen LogP contribution in [-0.4, -0.2) is 44.9 Å². The summed E-state index contributed by atoms with van der Waals surface area (Å²) in [6, 6.07) is 11.9. The number of amides is 1. The molecule has 2 aromatic rings. The van der Waals surface area contributed by atoms with Crippen LogP contribution in [0.15, 0.2) is 51.8 Å². The van der Waals surface area contributed by atoms with Crippen molar-refractivity contribution in [2.24, 2.45) is 0 Å². The molecule has 26 heavy (non-hydrogen) atoms. The summed E-state index contributed by atoms with van der Waals surface area (Å²) in [6.45, 7) is 1.33. The van der Waals surface area contributed by atoms with Crippen molar-refractivity contribution < 1.29 is 17.9 Å². The first-order chi connectivity index (χ1) is 12.4. The Bertz CT molecular complexity index is 913. The first kappa shape index (κ1) is 19.7. The minimum Gasteiger partial charge on any atom is -0.379 e. The predicted molar refractivity (Wildman–Crippen MR) is 111 cm³/mol. The Morgan fingerprint density at radius 3 is 2.42 bits per heavy atom. The van der Waals surface area contributed by atoms with Gasteiger partial charge >= 0.3 is 0 Å². The molecule has 1 amide bonds. The molecule has 3 rings (SSSR count). The third-order valence-electron chi connectivity index (χ3n) is 3.88. The summed E-state index contributed by atoms with van der Waals surface area (Å²) in [5.74, 6) is -0.364. The first-order valence-electron chi connectivity index (χ1n) is 7.82. The fraction of sp³-hybridized carbons (Fsp3) is 0.235. The Hall–Kier alpha value is -1.01. The van der Waals surface area contributed by atoms with Gasteiger partial charge in [-0.3, -0.25) is 4.79 Å². The van der Waals surface area contributed by atoms with E-state index >= 15 is 0 Å². The van der Waals surface area contributed by atoms with Gasteiger partial charge in [-0.2, -0.15) is 4.31 Å². The van der Waals surface area contributed by atoms with Crippen LogP contribution in [0.1, 0.15) is 10.4 Å². The number of halogens is 2. The van der Waals surface area contributed by atoms with E-state index in [4.69, 9.17) is 4.74 Å². The molecule has 0 unspecified atom stereocenters. The Kier molecular flexibility index (Phi) is 6.33. The Morgan fingerprint density at radius 2 is 1.77 bits per heavy atom. The van der Waals surface area contributed by atoms with Crippen molar-refractivity contribution in [2.75, 3.05) is 31.6 Å². The number of hydrogen-bond acceptors (Lipinski definition) is 4. The number of sulfonamides is 1. The number of anilines is 1. The van der Waals surface area contributed by atoms with E-state index in [1.807, 2.05) is 12.1 Å². The van der Waals surface area contributed by atoms with Crippen molar-refractivity contribution in [3.8, 4) is 0 Å². The molecule has 2 aromatic carbocycles. The number of hydrogen-bond donors (Lipinski definition) is 1. The van der Waals surface area contributed by atoms with Gasteiger partial charge in [0, 0.05) is 32.4 Å². The smallest absolute Gasteiger partial charge is 0.255 e. The van der Waals surface area contributed by atoms with Crippen molar-refractivity contribution in [3.63, 3.8) is 0 Å². The fourth-order valence-corrected chi connectivity index (χ4v) is 5.22. The van der Waals surface area contributed by atoms with Crippen LogP contribution in [0.4, 0.5) is 5.69 Å². The molecule has 1 aliphatic rings. The van der Waals surface area contributed by atoms with E-state index in [-0.39, 0.29) is 16.4 Å². The molecule has 1 heterocycles. The minimum absolute atomic E-state index is 0.0784. The number of carbonyl (C=O) groups excluding carboxylic acids is 1. The summed E-state index contributed by atoms with van der Waals surface area (Å²) in [5, 5.41) is 2.78. The van der Waals surface area contributed by atoms with Gasteiger partial charge in [0.05, 0.1) is 18.1 Å². The van der Waals surface area contributed by atoms with Gasteiger partial charge in [-0.15, -0.1) is 0 Å². The number of nitrogens with zero attached hydrogens (tertiary/aromatic N) is 1. The molecule has 1 N–H and O–H groups in total. The van der Waals surface area contributed by atoms with Crippen LogP contribution in [0.5, 0.6) is 0 Å². The van der Waals surface area contributed by atoms with Gasteiger partial charge in [-0.25, -0.2) is 8.42 Å². The maximum Gasteiger partial charge on any atom is 0.255 e. The molecule has 0 atom stereocenters. The van der Waals surface area contributed by atoms with E-state index in [2.05, 4.69) is 43.8 Å². The minimum atomic E-state index is -3.70. The molecule has 1 aliphatic heterocycles. The fourth-order valence-electron chi connectivity index (χ4n) is 2.50. The van der Waals surface area contributed by atoms with Gasteiger partial charge in [-0.05, 0) is 81.0 Å². The number of ether oxygens (including phenoxy) is 1. The van der Waals surface area contributed by atoms with E-state index in [0.29, 0.717) is 36.5 Å². The molecule has 1 saturated heterocycles. The molecular weight excluding hydrogens is 535 g/mol. The Labute approximate surface area is 174 Å². The lowest BCUT2D eigenvalue weighted by atomic mass is 10.2. The summed E-state index contributed by atoms with van der Waals surface area (Å²) < 4.78 is 33.8. The zero-order valence-corrected chi connectivity index (χ0v) is 18.2. The van der Waals surface area contributed by atoms with Gasteiger partial charge < -0.3 is 10.1 Å². The third kappa shape index (κ3) is 4.45. The monoisotopic (exact) mass is 550 g/mol. The van der Waals surface area contributed by atoms with E-state index < -0.39 is 10.0 Å². The van der Waals surface area contributed by atoms with E-state index in [0.717, 1.165) is 3.57 Å². The standard InChI is InChI=1S/C17H16BrIN2O4S/c18-15-6-1-12(17(22)20-14-4-2-13(19)3-5-14)11-16(15)26(23,24)21-7-9-25-10-8-21/h1-6,11H,7-10H2,(H,20,22). The van der Waals surface area contributed by atoms with Crippen molar-refractivity contribution in [2.45, 2.75) is 4.90 Å². The molecule has 0 saturated carbocycles. The third-order valence-corrected chi connectivity index (χ3v) is 7.50. The summed E-state index contributed by atoms with van der Waals surface area (Å²) in [5.41, 5.74) is 0.925. The number of rotatable bonds is 4. The van der Waals surface area contributed by atoms with Crippen LogP contribution in [0.25, 0.3) is 0 Å². The highest BCUT2D eigenvalue weighted by atomic mass is 127. The summed E-state index contributed by atoms with van der Waals surface area (Å²) in [4.78, 5) is 12.6. The normalized spacial score (nSPS) is 15.6. The highest BCUT2D eigenvalue weighted by molar-refractivity contribution is 14.1. The largest absolute Gasteiger partial charge is 0.379 e. The lowest BCUT2D eigenvalue weighted by molar-refractivity contribution is 0.0730. The van der Waals surface area contributed by atoms with Gasteiger partial charge in [0.1, 0.15) is 0 Å². The Morgan fingerprint density at radius 1 is 1.12 bits per heavy atom. The van der Waals surface area contributed by atoms with Gasteiger partial charge in [0.25, 0.3) is 5.91 Å². The van der Waals surface area contributed by atoms with E-state index in [1.165, 1.54) is 10.4 Å². The average Bonchev–Trinajstić information content (AvgIpc) is 2.64. The van der Waals surface area contributed by atoms with E-state index in [1.54, 1.807) is 24.3 Å². The van der Waals surface area contributed by atoms with Gasteiger partial charge in [0.15, 0.2) is 0 Å². The van der Waals surface area contributed by atoms with Crippen molar-refractivity contribution >= 4 is 60.1 Å². The van der Waals surface area contributed by atoms with Crippen LogP contribution in [-0.2, 0) is 14.8 Å². The van der Waals surface area contributed by atoms with Crippen LogP contribution in [0.3, 0.4) is 0 Å². The number of carbonyl (C=O) groups is 1. The second-order valence-electron chi connectivity index (χ2n) is 5.62. The van der Waals surface area contributed by atoms with Gasteiger partial charge in [0.2, 0.25) is 10.0 Å². The molecule has 0 bridgehead atoms. The molecule has 9 heteroatoms. The first-order valence-corrected chi connectivity index (χ1v) is 11.1. The zero-order chi connectivity index (χ0) is 18.7. The predicted octanol–water partition coefficient (Wildman–Crippen LogP) is 3.33. The SMILES string of the molecule is O=C(Nc1ccc(I)cc1)c1ccc(Br)c(S(=O)(=O)N2CCOCC2)c1. The van der Waals surface area contributed by atoms with Crippen LogP contribution >= 0.6 is 38.5 Å². The van der Waals surface area contributed by atoms with Crippen LogP contribution in [0.2, 0.25) is 0 Å². The van der Waals surface area contributed by atoms with Crippen molar-refractivity contribution in [3.05, 3.63) is 56.1 Å². The summed E-state index contributed by atoms with van der Waals surface area (Å²) >= 11 is 5.47. The molecule has 0 spiro atoms. The lowest BCUT2D eigenvalue weighted by Gasteiger charge is -2.26. The zero-order valence-electron chi connectivity index (χ0n) is 13.6. The highest BCUT2D eigenvalue weighted by Gasteiger charge is 2.29. The van der Waals surface area contributed by atoms with Gasteiger partial charge in [-0.1, -0.05) is 0 Å². The van der Waals surface area contributed by atoms with E-state index in [9.17, 15) is 13.2 Å². The molecule has 0 aliphatic carbocycles. The number of morpholine rings is 1. The maximum absolute atomic E-state index is 12.9. The highest BCUT2D eigenvalue weighted by Crippen LogP contribution is 2.27. The van der Waals surface area contributed by atoms with Crippen LogP contribution < -0.4 is 5.32 Å². The topological polar surface area (TPSA) is 75.7 Å². The van der Waals surface area contributed by atoms with Crippen molar-refractivity contribution in [1.82, 2.24) is 4.31 Å². The quantitative estimate of drug-likeness (QED) is 0.593. The average molecular weight is 551 g/mol. The second kappa shape index (κ2) is 8.34. The molecule has 1 fully saturated rings. The number of nitrogens with one attached hydrogen (secondary N) is 1. The second-order valence-corrected chi connectivity index (χ2v) is 9.63. The number of benzene rings is 2.